The van der Waals surface area contributed by atoms with Gasteiger partial charge in [0.25, 0.3) is 0 Å². The second-order valence-corrected chi connectivity index (χ2v) is 5.36. The predicted molar refractivity (Wildman–Crippen MR) is 72.3 cm³/mol. The molecule has 0 saturated carbocycles. The zero-order valence-corrected chi connectivity index (χ0v) is 10.6. The van der Waals surface area contributed by atoms with Crippen molar-refractivity contribution in [1.82, 2.24) is 4.90 Å². The van der Waals surface area contributed by atoms with Gasteiger partial charge in [-0.1, -0.05) is 0 Å². The number of nitrogens with two attached hydrogens (primary N) is 1. The first-order valence-electron chi connectivity index (χ1n) is 6.59. The normalized spacial score (nSPS) is 20.6. The van der Waals surface area contributed by atoms with Crippen molar-refractivity contribution in [2.45, 2.75) is 25.8 Å². The number of hydrogen-bond acceptors (Lipinski definition) is 3. The lowest BCUT2D eigenvalue weighted by Gasteiger charge is -2.30. The highest BCUT2D eigenvalue weighted by atomic mass is 15.2. The lowest BCUT2D eigenvalue weighted by molar-refractivity contribution is 0.313. The first kappa shape index (κ1) is 10.9. The van der Waals surface area contributed by atoms with Crippen LogP contribution in [0.5, 0.6) is 0 Å². The number of nitrogens with zero attached hydrogens (tertiary/aromatic N) is 2. The largest absolute Gasteiger partial charge is 0.399 e. The van der Waals surface area contributed by atoms with Crippen molar-refractivity contribution >= 4 is 11.4 Å². The summed E-state index contributed by atoms with van der Waals surface area (Å²) in [6.45, 7) is 4.61. The quantitative estimate of drug-likeness (QED) is 0.749. The zero-order valence-electron chi connectivity index (χ0n) is 10.6. The summed E-state index contributed by atoms with van der Waals surface area (Å²) >= 11 is 0. The van der Waals surface area contributed by atoms with Gasteiger partial charge >= 0.3 is 0 Å². The third kappa shape index (κ3) is 2.00. The Morgan fingerprint density at radius 1 is 1.12 bits per heavy atom. The van der Waals surface area contributed by atoms with Gasteiger partial charge in [-0.15, -0.1) is 0 Å². The number of hydrogen-bond donors (Lipinski definition) is 1. The summed E-state index contributed by atoms with van der Waals surface area (Å²) in [7, 11) is 2.18. The molecule has 0 bridgehead atoms. The maximum atomic E-state index is 6.05. The molecule has 2 N–H and O–H groups in total. The fraction of sp³-hybridized carbons (Fsp3) is 0.571. The van der Waals surface area contributed by atoms with Crippen LogP contribution in [0.15, 0.2) is 12.1 Å². The molecule has 1 aromatic rings. The van der Waals surface area contributed by atoms with E-state index < -0.39 is 0 Å². The van der Waals surface area contributed by atoms with Crippen LogP contribution in [0.1, 0.15) is 24.0 Å². The average molecular weight is 231 g/mol. The highest BCUT2D eigenvalue weighted by molar-refractivity contribution is 5.65. The minimum Gasteiger partial charge on any atom is -0.399 e. The van der Waals surface area contributed by atoms with Gasteiger partial charge in [0.15, 0.2) is 0 Å². The Kier molecular flexibility index (Phi) is 2.71. The van der Waals surface area contributed by atoms with Gasteiger partial charge in [0, 0.05) is 37.6 Å². The minimum atomic E-state index is 0.918. The smallest absolute Gasteiger partial charge is 0.0423 e. The average Bonchev–Trinajstić information content (AvgIpc) is 2.80. The molecule has 1 saturated heterocycles. The van der Waals surface area contributed by atoms with Gasteiger partial charge in [-0.2, -0.15) is 0 Å². The number of anilines is 2. The van der Waals surface area contributed by atoms with E-state index in [1.165, 1.54) is 37.2 Å². The van der Waals surface area contributed by atoms with Gasteiger partial charge in [-0.25, -0.2) is 0 Å². The number of nitrogen functional groups attached to an aromatic ring is 1. The molecule has 3 nitrogen and oxygen atoms in total. The van der Waals surface area contributed by atoms with Gasteiger partial charge in [-0.3, -0.25) is 0 Å². The number of likely N-dealkylation sites (N-methyl/N-ethyl adjacent to an activating group) is 1. The van der Waals surface area contributed by atoms with Gasteiger partial charge in [0.05, 0.1) is 0 Å². The van der Waals surface area contributed by atoms with E-state index in [2.05, 4.69) is 29.0 Å². The molecule has 3 heteroatoms. The SMILES string of the molecule is CN1CCc2c(cc(N)cc2N2CCCC2)C1. The molecule has 1 fully saturated rings. The lowest BCUT2D eigenvalue weighted by Crippen LogP contribution is -2.29. The highest BCUT2D eigenvalue weighted by Gasteiger charge is 2.22. The van der Waals surface area contributed by atoms with E-state index in [1.807, 2.05) is 0 Å². The summed E-state index contributed by atoms with van der Waals surface area (Å²) in [5, 5.41) is 0. The maximum Gasteiger partial charge on any atom is 0.0423 e. The van der Waals surface area contributed by atoms with Crippen molar-refractivity contribution in [3.05, 3.63) is 23.3 Å². The standard InChI is InChI=1S/C14H21N3/c1-16-7-4-13-11(10-16)8-12(15)9-14(13)17-5-2-3-6-17/h8-9H,2-7,10,15H2,1H3. The van der Waals surface area contributed by atoms with Gasteiger partial charge in [0.2, 0.25) is 0 Å². The van der Waals surface area contributed by atoms with Crippen LogP contribution in [0.2, 0.25) is 0 Å². The minimum absolute atomic E-state index is 0.918. The molecular formula is C14H21N3. The summed E-state index contributed by atoms with van der Waals surface area (Å²) in [5.74, 6) is 0. The summed E-state index contributed by atoms with van der Waals surface area (Å²) < 4.78 is 0. The van der Waals surface area contributed by atoms with Gasteiger partial charge < -0.3 is 15.5 Å². The van der Waals surface area contributed by atoms with Crippen LogP contribution in [0, 0.1) is 0 Å². The van der Waals surface area contributed by atoms with Crippen molar-refractivity contribution in [3.63, 3.8) is 0 Å². The van der Waals surface area contributed by atoms with Crippen LogP contribution in [0.25, 0.3) is 0 Å². The van der Waals surface area contributed by atoms with Gasteiger partial charge in [-0.05, 0) is 49.6 Å². The maximum absolute atomic E-state index is 6.05. The van der Waals surface area contributed by atoms with Crippen LogP contribution in [-0.2, 0) is 13.0 Å². The number of rotatable bonds is 1. The summed E-state index contributed by atoms with van der Waals surface area (Å²) in [6.07, 6.45) is 3.81. The Morgan fingerprint density at radius 3 is 2.65 bits per heavy atom. The molecule has 1 aromatic carbocycles. The van der Waals surface area contributed by atoms with E-state index in [0.29, 0.717) is 0 Å². The summed E-state index contributed by atoms with van der Waals surface area (Å²) in [6, 6.07) is 4.33. The molecule has 0 radical (unpaired) electrons. The molecule has 3 rings (SSSR count). The van der Waals surface area contributed by atoms with E-state index in [1.54, 1.807) is 5.56 Å². The fourth-order valence-corrected chi connectivity index (χ4v) is 3.08. The molecule has 0 unspecified atom stereocenters. The molecule has 0 atom stereocenters. The van der Waals surface area contributed by atoms with Crippen LogP contribution in [-0.4, -0.2) is 31.6 Å². The van der Waals surface area contributed by atoms with E-state index in [9.17, 15) is 0 Å². The Morgan fingerprint density at radius 2 is 1.88 bits per heavy atom. The third-order valence-corrected chi connectivity index (χ3v) is 3.97. The molecule has 0 spiro atoms. The van der Waals surface area contributed by atoms with Crippen LogP contribution >= 0.6 is 0 Å². The summed E-state index contributed by atoms with van der Waals surface area (Å²) in [5.41, 5.74) is 11.3. The topological polar surface area (TPSA) is 32.5 Å². The monoisotopic (exact) mass is 231 g/mol. The Hall–Kier alpha value is -1.22. The number of benzene rings is 1. The molecule has 2 aliphatic rings. The van der Waals surface area contributed by atoms with Crippen molar-refractivity contribution in [3.8, 4) is 0 Å². The summed E-state index contributed by atoms with van der Waals surface area (Å²) in [4.78, 5) is 4.88. The third-order valence-electron chi connectivity index (χ3n) is 3.97. The van der Waals surface area contributed by atoms with E-state index in [-0.39, 0.29) is 0 Å². The van der Waals surface area contributed by atoms with Crippen molar-refractivity contribution in [2.75, 3.05) is 37.3 Å². The van der Waals surface area contributed by atoms with E-state index in [4.69, 9.17) is 5.73 Å². The van der Waals surface area contributed by atoms with Crippen molar-refractivity contribution < 1.29 is 0 Å². The molecule has 2 heterocycles. The fourth-order valence-electron chi connectivity index (χ4n) is 3.08. The Bertz CT molecular complexity index is 422. The Balaban J connectivity index is 2.02. The zero-order chi connectivity index (χ0) is 11.8. The molecule has 17 heavy (non-hydrogen) atoms. The predicted octanol–water partition coefficient (Wildman–Crippen LogP) is 1.86. The van der Waals surface area contributed by atoms with Crippen LogP contribution < -0.4 is 10.6 Å². The molecular weight excluding hydrogens is 210 g/mol. The highest BCUT2D eigenvalue weighted by Crippen LogP contribution is 2.33. The first-order chi connectivity index (χ1) is 8.24. The second-order valence-electron chi connectivity index (χ2n) is 5.36. The molecule has 0 aliphatic carbocycles. The molecule has 0 aromatic heterocycles. The Labute approximate surface area is 103 Å². The second kappa shape index (κ2) is 4.22. The molecule has 2 aliphatic heterocycles. The van der Waals surface area contributed by atoms with Crippen LogP contribution in [0.3, 0.4) is 0 Å². The molecule has 92 valence electrons. The van der Waals surface area contributed by atoms with E-state index in [0.717, 1.165) is 25.2 Å². The van der Waals surface area contributed by atoms with Crippen LogP contribution in [0.4, 0.5) is 11.4 Å². The number of fused-ring (bicyclic) bond motifs is 1. The first-order valence-corrected chi connectivity index (χ1v) is 6.59. The van der Waals surface area contributed by atoms with Crippen molar-refractivity contribution in [1.29, 1.82) is 0 Å². The van der Waals surface area contributed by atoms with Gasteiger partial charge in [0.1, 0.15) is 0 Å². The lowest BCUT2D eigenvalue weighted by atomic mass is 9.96. The van der Waals surface area contributed by atoms with Crippen molar-refractivity contribution in [2.24, 2.45) is 0 Å². The molecule has 0 amide bonds. The van der Waals surface area contributed by atoms with E-state index >= 15 is 0 Å².